The maximum atomic E-state index is 10.3. The van der Waals surface area contributed by atoms with E-state index in [0.29, 0.717) is 13.2 Å². The summed E-state index contributed by atoms with van der Waals surface area (Å²) in [5, 5.41) is 3.08. The van der Waals surface area contributed by atoms with Crippen molar-refractivity contribution >= 4 is 5.91 Å². The van der Waals surface area contributed by atoms with E-state index >= 15 is 0 Å². The third kappa shape index (κ3) is 7.32. The predicted molar refractivity (Wildman–Crippen MR) is 50.9 cm³/mol. The lowest BCUT2D eigenvalue weighted by Gasteiger charge is -2.09. The van der Waals surface area contributed by atoms with Gasteiger partial charge >= 0.3 is 0 Å². The van der Waals surface area contributed by atoms with Crippen LogP contribution in [-0.2, 0) is 9.53 Å². The molecule has 1 unspecified atom stereocenters. The van der Waals surface area contributed by atoms with Gasteiger partial charge in [0.25, 0.3) is 0 Å². The van der Waals surface area contributed by atoms with Gasteiger partial charge in [0.15, 0.2) is 0 Å². The predicted octanol–water partition coefficient (Wildman–Crippen LogP) is -0.510. The van der Waals surface area contributed by atoms with E-state index < -0.39 is 5.91 Å². The molecule has 13 heavy (non-hydrogen) atoms. The van der Waals surface area contributed by atoms with Crippen LogP contribution in [0.25, 0.3) is 0 Å². The average Bonchev–Trinajstić information content (AvgIpc) is 2.11. The molecule has 74 valence electrons. The third-order valence-electron chi connectivity index (χ3n) is 1.49. The molecule has 3 N–H and O–H groups in total. The number of rotatable bonds is 7. The van der Waals surface area contributed by atoms with Crippen molar-refractivity contribution in [3.8, 4) is 12.3 Å². The molecular weight excluding hydrogens is 168 g/mol. The normalized spacial score (nSPS) is 12.0. The standard InChI is InChI=1S/C9H16N2O2/c1-3-8(4-2)11-5-6-13-7-9(10)12/h1,8,11H,4-7H2,2H3,(H2,10,12). The van der Waals surface area contributed by atoms with Crippen molar-refractivity contribution < 1.29 is 9.53 Å². The number of terminal acetylenes is 1. The number of primary amides is 1. The molecule has 0 aliphatic rings. The van der Waals surface area contributed by atoms with Crippen LogP contribution in [0.5, 0.6) is 0 Å². The lowest BCUT2D eigenvalue weighted by Crippen LogP contribution is -2.31. The van der Waals surface area contributed by atoms with E-state index in [1.54, 1.807) is 0 Å². The van der Waals surface area contributed by atoms with Crippen LogP contribution in [-0.4, -0.2) is 31.7 Å². The van der Waals surface area contributed by atoms with Crippen LogP contribution >= 0.6 is 0 Å². The van der Waals surface area contributed by atoms with Gasteiger partial charge < -0.3 is 15.8 Å². The van der Waals surface area contributed by atoms with Crippen molar-refractivity contribution in [2.75, 3.05) is 19.8 Å². The Labute approximate surface area is 78.8 Å². The number of hydrogen-bond acceptors (Lipinski definition) is 3. The number of amides is 1. The van der Waals surface area contributed by atoms with Crippen LogP contribution in [0.2, 0.25) is 0 Å². The Morgan fingerprint density at radius 2 is 2.46 bits per heavy atom. The Balaban J connectivity index is 3.25. The van der Waals surface area contributed by atoms with E-state index in [1.807, 2.05) is 6.92 Å². The summed E-state index contributed by atoms with van der Waals surface area (Å²) in [6.45, 7) is 3.05. The smallest absolute Gasteiger partial charge is 0.243 e. The molecule has 4 nitrogen and oxygen atoms in total. The molecular formula is C9H16N2O2. The Kier molecular flexibility index (Phi) is 6.98. The number of ether oxygens (including phenoxy) is 1. The number of hydrogen-bond donors (Lipinski definition) is 2. The van der Waals surface area contributed by atoms with Gasteiger partial charge in [0.05, 0.1) is 12.6 Å². The first-order valence-corrected chi connectivity index (χ1v) is 4.26. The highest BCUT2D eigenvalue weighted by molar-refractivity contribution is 5.74. The fourth-order valence-electron chi connectivity index (χ4n) is 0.799. The topological polar surface area (TPSA) is 64.3 Å². The molecule has 0 aromatic carbocycles. The third-order valence-corrected chi connectivity index (χ3v) is 1.49. The van der Waals surface area contributed by atoms with Gasteiger partial charge in [-0.15, -0.1) is 6.42 Å². The number of carbonyl (C=O) groups excluding carboxylic acids is 1. The van der Waals surface area contributed by atoms with Gasteiger partial charge in [-0.2, -0.15) is 0 Å². The summed E-state index contributed by atoms with van der Waals surface area (Å²) in [6, 6.07) is 0.0807. The summed E-state index contributed by atoms with van der Waals surface area (Å²) in [5.74, 6) is 2.14. The van der Waals surface area contributed by atoms with E-state index in [4.69, 9.17) is 16.9 Å². The van der Waals surface area contributed by atoms with E-state index in [1.165, 1.54) is 0 Å². The largest absolute Gasteiger partial charge is 0.370 e. The summed E-state index contributed by atoms with van der Waals surface area (Å²) in [7, 11) is 0. The summed E-state index contributed by atoms with van der Waals surface area (Å²) < 4.78 is 4.93. The molecule has 0 heterocycles. The Morgan fingerprint density at radius 1 is 1.77 bits per heavy atom. The Bertz CT molecular complexity index is 187. The van der Waals surface area contributed by atoms with Crippen LogP contribution in [0.15, 0.2) is 0 Å². The fraction of sp³-hybridized carbons (Fsp3) is 0.667. The van der Waals surface area contributed by atoms with Crippen molar-refractivity contribution in [2.24, 2.45) is 5.73 Å². The molecule has 0 saturated carbocycles. The second-order valence-corrected chi connectivity index (χ2v) is 2.60. The van der Waals surface area contributed by atoms with Crippen LogP contribution in [0, 0.1) is 12.3 Å². The first-order chi connectivity index (χ1) is 6.20. The molecule has 0 spiro atoms. The molecule has 0 aromatic rings. The molecule has 0 aromatic heterocycles. The molecule has 0 aliphatic carbocycles. The lowest BCUT2D eigenvalue weighted by molar-refractivity contribution is -0.122. The molecule has 0 fully saturated rings. The molecule has 1 amide bonds. The summed E-state index contributed by atoms with van der Waals surface area (Å²) in [6.07, 6.45) is 6.10. The number of carbonyl (C=O) groups is 1. The van der Waals surface area contributed by atoms with Crippen LogP contribution in [0.3, 0.4) is 0 Å². The quantitative estimate of drug-likeness (QED) is 0.414. The molecule has 0 saturated heterocycles. The Hall–Kier alpha value is -1.05. The van der Waals surface area contributed by atoms with E-state index in [0.717, 1.165) is 6.42 Å². The monoisotopic (exact) mass is 184 g/mol. The molecule has 0 bridgehead atoms. The minimum atomic E-state index is -0.455. The van der Waals surface area contributed by atoms with E-state index in [2.05, 4.69) is 11.2 Å². The number of nitrogens with two attached hydrogens (primary N) is 1. The zero-order valence-electron chi connectivity index (χ0n) is 7.88. The first kappa shape index (κ1) is 11.9. The molecule has 0 radical (unpaired) electrons. The minimum absolute atomic E-state index is 0.0332. The molecule has 0 aliphatic heterocycles. The summed E-state index contributed by atoms with van der Waals surface area (Å²) >= 11 is 0. The minimum Gasteiger partial charge on any atom is -0.370 e. The maximum absolute atomic E-state index is 10.3. The van der Waals surface area contributed by atoms with Gasteiger partial charge in [-0.3, -0.25) is 4.79 Å². The van der Waals surface area contributed by atoms with Crippen molar-refractivity contribution in [3.05, 3.63) is 0 Å². The zero-order valence-corrected chi connectivity index (χ0v) is 7.88. The first-order valence-electron chi connectivity index (χ1n) is 4.26. The van der Waals surface area contributed by atoms with Crippen LogP contribution in [0.1, 0.15) is 13.3 Å². The van der Waals surface area contributed by atoms with Gasteiger partial charge in [0, 0.05) is 6.54 Å². The number of nitrogens with one attached hydrogen (secondary N) is 1. The van der Waals surface area contributed by atoms with E-state index in [9.17, 15) is 4.79 Å². The van der Waals surface area contributed by atoms with Gasteiger partial charge in [-0.05, 0) is 6.42 Å². The van der Waals surface area contributed by atoms with Gasteiger partial charge in [-0.1, -0.05) is 12.8 Å². The van der Waals surface area contributed by atoms with Crippen molar-refractivity contribution in [1.29, 1.82) is 0 Å². The van der Waals surface area contributed by atoms with Crippen LogP contribution < -0.4 is 11.1 Å². The highest BCUT2D eigenvalue weighted by atomic mass is 16.5. The summed E-state index contributed by atoms with van der Waals surface area (Å²) in [4.78, 5) is 10.3. The highest BCUT2D eigenvalue weighted by Gasteiger charge is 1.99. The van der Waals surface area contributed by atoms with Gasteiger partial charge in [0.2, 0.25) is 5.91 Å². The van der Waals surface area contributed by atoms with E-state index in [-0.39, 0.29) is 12.6 Å². The highest BCUT2D eigenvalue weighted by Crippen LogP contribution is 1.86. The second kappa shape index (κ2) is 7.59. The maximum Gasteiger partial charge on any atom is 0.243 e. The van der Waals surface area contributed by atoms with Gasteiger partial charge in [0.1, 0.15) is 6.61 Å². The van der Waals surface area contributed by atoms with Crippen molar-refractivity contribution in [2.45, 2.75) is 19.4 Å². The molecule has 1 atom stereocenters. The van der Waals surface area contributed by atoms with Gasteiger partial charge in [-0.25, -0.2) is 0 Å². The zero-order chi connectivity index (χ0) is 10.1. The second-order valence-electron chi connectivity index (χ2n) is 2.60. The average molecular weight is 184 g/mol. The summed E-state index contributed by atoms with van der Waals surface area (Å²) in [5.41, 5.74) is 4.87. The molecule has 4 heteroatoms. The van der Waals surface area contributed by atoms with Crippen molar-refractivity contribution in [3.63, 3.8) is 0 Å². The SMILES string of the molecule is C#CC(CC)NCCOCC(N)=O. The Morgan fingerprint density at radius 3 is 2.92 bits per heavy atom. The molecule has 0 rings (SSSR count). The lowest BCUT2D eigenvalue weighted by atomic mass is 10.2. The fourth-order valence-corrected chi connectivity index (χ4v) is 0.799. The van der Waals surface area contributed by atoms with Crippen molar-refractivity contribution in [1.82, 2.24) is 5.32 Å². The van der Waals surface area contributed by atoms with Crippen LogP contribution in [0.4, 0.5) is 0 Å².